The van der Waals surface area contributed by atoms with E-state index in [1.165, 1.54) is 6.92 Å². The Morgan fingerprint density at radius 3 is 2.36 bits per heavy atom. The fourth-order valence-corrected chi connectivity index (χ4v) is 7.98. The lowest BCUT2D eigenvalue weighted by Crippen LogP contribution is -2.46. The summed E-state index contributed by atoms with van der Waals surface area (Å²) < 4.78 is 60.3. The number of thioether (sulfide) groups is 1. The third-order valence-electron chi connectivity index (χ3n) is 7.45. The number of nitrogens with two attached hydrogens (primary N) is 1. The number of carbonyl (C=O) groups excluding carboxylic acids is 3. The summed E-state index contributed by atoms with van der Waals surface area (Å²) in [6.45, 7) is 0.941. The molecular weight excluding hydrogens is 827 g/mol. The lowest BCUT2D eigenvalue weighted by Gasteiger charge is -2.36. The molecule has 310 valence electrons. The fraction of sp³-hybridized carbons (Fsp3) is 0.640. The van der Waals surface area contributed by atoms with Crippen LogP contribution in [0.1, 0.15) is 33.4 Å². The topological polar surface area (TPSA) is 412 Å². The lowest BCUT2D eigenvalue weighted by atomic mass is 9.87. The summed E-state index contributed by atoms with van der Waals surface area (Å²) in [7, 11) is -17.6. The molecule has 8 unspecified atom stereocenters. The van der Waals surface area contributed by atoms with Crippen LogP contribution in [0.5, 0.6) is 0 Å². The van der Waals surface area contributed by atoms with E-state index >= 15 is 0 Å². The van der Waals surface area contributed by atoms with Gasteiger partial charge in [0, 0.05) is 30.7 Å². The van der Waals surface area contributed by atoms with Gasteiger partial charge in [0.2, 0.25) is 16.9 Å². The third-order valence-corrected chi connectivity index (χ3v) is 11.5. The van der Waals surface area contributed by atoms with Crippen molar-refractivity contribution in [3.63, 3.8) is 0 Å². The zero-order chi connectivity index (χ0) is 41.5. The smallest absolute Gasteiger partial charge is 0.314 e. The van der Waals surface area contributed by atoms with Gasteiger partial charge in [0.15, 0.2) is 17.7 Å². The van der Waals surface area contributed by atoms with Crippen LogP contribution in [0.3, 0.4) is 0 Å². The van der Waals surface area contributed by atoms with E-state index in [0.717, 1.165) is 31.1 Å². The van der Waals surface area contributed by atoms with Crippen LogP contribution in [-0.4, -0.2) is 114 Å². The van der Waals surface area contributed by atoms with Crippen molar-refractivity contribution in [1.82, 2.24) is 30.2 Å². The molecule has 2 aromatic rings. The number of carbonyl (C=O) groups is 4. The average Bonchev–Trinajstić information content (AvgIpc) is 3.64. The highest BCUT2D eigenvalue weighted by atomic mass is 32.2. The van der Waals surface area contributed by atoms with Crippen LogP contribution >= 0.6 is 35.2 Å². The number of ether oxygens (including phenoxy) is 1. The third kappa shape index (κ3) is 13.6. The van der Waals surface area contributed by atoms with Crippen molar-refractivity contribution in [2.24, 2.45) is 11.3 Å². The second-order valence-corrected chi connectivity index (χ2v) is 17.4. The Kier molecular flexibility index (Phi) is 16.0. The zero-order valence-corrected chi connectivity index (χ0v) is 32.4. The Morgan fingerprint density at radius 1 is 1.07 bits per heavy atom. The van der Waals surface area contributed by atoms with Crippen LogP contribution < -0.4 is 35.9 Å². The maximum absolute atomic E-state index is 12.5. The molecule has 2 aromatic heterocycles. The van der Waals surface area contributed by atoms with Gasteiger partial charge in [-0.3, -0.25) is 32.9 Å². The Balaban J connectivity index is 1.50. The molecule has 0 radical (unpaired) electrons. The zero-order valence-electron chi connectivity index (χ0n) is 28.9. The normalized spacial score (nSPS) is 22.3. The van der Waals surface area contributed by atoms with E-state index in [2.05, 4.69) is 43.5 Å². The molecule has 1 fully saturated rings. The first-order valence-corrected chi connectivity index (χ1v) is 20.9. The van der Waals surface area contributed by atoms with Gasteiger partial charge in [-0.05, 0) is 6.92 Å². The molecule has 3 heterocycles. The van der Waals surface area contributed by atoms with Crippen molar-refractivity contribution in [2.75, 3.05) is 37.8 Å². The average molecular weight is 864 g/mol. The second kappa shape index (κ2) is 19.0. The van der Waals surface area contributed by atoms with Gasteiger partial charge in [-0.2, -0.15) is 0 Å². The van der Waals surface area contributed by atoms with Gasteiger partial charge < -0.3 is 74.1 Å². The van der Waals surface area contributed by atoms with Gasteiger partial charge in [0.25, 0.3) is 15.6 Å². The Hall–Kier alpha value is -2.97. The fourth-order valence-electron chi connectivity index (χ4n) is 4.48. The van der Waals surface area contributed by atoms with Crippen LogP contribution in [0.25, 0.3) is 11.2 Å². The number of carboxylic acid groups (broad SMARTS) is 1. The minimum atomic E-state index is -5.93. The Labute approximate surface area is 314 Å². The maximum Gasteiger partial charge on any atom is 0.314 e. The Bertz CT molecular complexity index is 1860. The molecule has 0 saturated carbocycles. The predicted molar refractivity (Wildman–Crippen MR) is 175 cm³/mol. The van der Waals surface area contributed by atoms with E-state index in [9.17, 15) is 62.7 Å². The number of phosphoric acid groups is 3. The van der Waals surface area contributed by atoms with E-state index in [0.29, 0.717) is 11.8 Å². The molecule has 1 aliphatic heterocycles. The van der Waals surface area contributed by atoms with Crippen molar-refractivity contribution >= 4 is 75.1 Å². The van der Waals surface area contributed by atoms with Gasteiger partial charge >= 0.3 is 5.97 Å². The molecule has 0 aromatic carbocycles. The van der Waals surface area contributed by atoms with Crippen molar-refractivity contribution < 1.29 is 90.4 Å². The maximum atomic E-state index is 12.5. The number of hydrogen-bond acceptors (Lipinski definition) is 23. The SMILES string of the molecule is CC(C(=O)O)C(=O)SCCNC(=O)CCNC(=O)C(O)C(C)(C)COP(=O)([O-])OP(=O)([O-])OCC1OC(n2cnc3c(N)ncnc32)C(O)C1OP(=O)([O-])[O-]. The molecule has 0 aliphatic carbocycles. The molecule has 0 spiro atoms. The molecule has 8 atom stereocenters. The lowest BCUT2D eigenvalue weighted by molar-refractivity contribution is -0.347. The summed E-state index contributed by atoms with van der Waals surface area (Å²) in [5.41, 5.74) is 3.99. The number of fused-ring (bicyclic) bond motifs is 1. The summed E-state index contributed by atoms with van der Waals surface area (Å²) in [6, 6.07) is 0. The summed E-state index contributed by atoms with van der Waals surface area (Å²) >= 11 is 0.714. The first-order chi connectivity index (χ1) is 25.3. The number of phosphoric ester groups is 3. The van der Waals surface area contributed by atoms with Crippen molar-refractivity contribution in [3.05, 3.63) is 12.7 Å². The summed E-state index contributed by atoms with van der Waals surface area (Å²) in [4.78, 5) is 106. The number of amides is 2. The number of aromatic nitrogens is 4. The molecule has 2 amide bonds. The Morgan fingerprint density at radius 2 is 1.73 bits per heavy atom. The molecule has 55 heavy (non-hydrogen) atoms. The minimum Gasteiger partial charge on any atom is -0.790 e. The summed E-state index contributed by atoms with van der Waals surface area (Å²) in [6.07, 6.45) is -7.80. The predicted octanol–water partition coefficient (Wildman–Crippen LogP) is -4.14. The van der Waals surface area contributed by atoms with Gasteiger partial charge in [-0.1, -0.05) is 25.6 Å². The molecule has 1 aliphatic rings. The van der Waals surface area contributed by atoms with Gasteiger partial charge in [0.05, 0.1) is 27.4 Å². The largest absolute Gasteiger partial charge is 0.790 e. The van der Waals surface area contributed by atoms with Gasteiger partial charge in [0.1, 0.15) is 42.2 Å². The molecule has 3 rings (SSSR count). The van der Waals surface area contributed by atoms with Crippen LogP contribution in [0.2, 0.25) is 0 Å². The van der Waals surface area contributed by atoms with E-state index < -0.39 is 102 Å². The molecule has 7 N–H and O–H groups in total. The standard InChI is InChI=1S/C25H40N7O19P3S/c1-12(23(37)38)24(39)55-7-6-27-14(33)4-5-28-21(36)18(35)25(2,3)9-48-54(45,46)51-53(43,44)47-8-13-17(50-52(40,41)42)16(34)22(49-13)32-11-31-15-19(26)29-10-30-20(15)32/h10-13,16-18,22,34-35H,4-9H2,1-3H3,(H,27,33)(H,28,36)(H,37,38)(H,43,44)(H,45,46)(H2,26,29,30)(H2,40,41,42)/p-4. The highest BCUT2D eigenvalue weighted by Crippen LogP contribution is 2.56. The van der Waals surface area contributed by atoms with Crippen molar-refractivity contribution in [3.8, 4) is 0 Å². The first kappa shape index (κ1) is 46.4. The second-order valence-electron chi connectivity index (χ2n) is 12.2. The van der Waals surface area contributed by atoms with E-state index in [1.807, 2.05) is 0 Å². The number of nitrogens with zero attached hydrogens (tertiary/aromatic N) is 4. The first-order valence-electron chi connectivity index (χ1n) is 15.6. The number of anilines is 1. The molecule has 1 saturated heterocycles. The number of nitrogens with one attached hydrogen (secondary N) is 2. The minimum absolute atomic E-state index is 0.0104. The number of aliphatic hydroxyl groups excluding tert-OH is 2. The van der Waals surface area contributed by atoms with Crippen LogP contribution in [-0.2, 0) is 55.5 Å². The van der Waals surface area contributed by atoms with Crippen LogP contribution in [0.15, 0.2) is 12.7 Å². The van der Waals surface area contributed by atoms with Gasteiger partial charge in [-0.25, -0.2) is 19.3 Å². The molecule has 30 heteroatoms. The molecule has 26 nitrogen and oxygen atoms in total. The number of rotatable bonds is 21. The van der Waals surface area contributed by atoms with E-state index in [4.69, 9.17) is 15.6 Å². The quantitative estimate of drug-likeness (QED) is 0.0394. The summed E-state index contributed by atoms with van der Waals surface area (Å²) in [5.74, 6) is -4.14. The van der Waals surface area contributed by atoms with E-state index in [-0.39, 0.29) is 42.2 Å². The molecule has 0 bridgehead atoms. The van der Waals surface area contributed by atoms with E-state index in [1.54, 1.807) is 0 Å². The number of aliphatic hydroxyl groups is 2. The highest BCUT2D eigenvalue weighted by Gasteiger charge is 2.47. The summed E-state index contributed by atoms with van der Waals surface area (Å²) in [5, 5.41) is 34.1. The van der Waals surface area contributed by atoms with Crippen molar-refractivity contribution in [2.45, 2.75) is 57.8 Å². The van der Waals surface area contributed by atoms with Crippen molar-refractivity contribution in [1.29, 1.82) is 0 Å². The number of hydrogen-bond donors (Lipinski definition) is 6. The monoisotopic (exact) mass is 863 g/mol. The number of imidazole rings is 1. The highest BCUT2D eigenvalue weighted by molar-refractivity contribution is 8.13. The number of aliphatic carboxylic acids is 1. The van der Waals surface area contributed by atoms with Gasteiger partial charge in [-0.15, -0.1) is 0 Å². The number of nitrogen functional groups attached to an aromatic ring is 1. The molecular formula is C25H36N7O19P3S-4. The van der Waals surface area contributed by atoms with Crippen LogP contribution in [0.4, 0.5) is 5.82 Å². The van der Waals surface area contributed by atoms with Crippen LogP contribution in [0, 0.1) is 11.3 Å². The number of carboxylic acids is 1.